The number of nitrogens with one attached hydrogen (secondary N) is 1. The van der Waals surface area contributed by atoms with E-state index in [9.17, 15) is 13.2 Å². The normalized spacial score (nSPS) is 12.7. The highest BCUT2D eigenvalue weighted by molar-refractivity contribution is 7.89. The Labute approximate surface area is 158 Å². The smallest absolute Gasteiger partial charge is 0.265 e. The number of rotatable bonds is 6. The first-order valence-corrected chi connectivity index (χ1v) is 9.69. The number of hydrogen-bond acceptors (Lipinski definition) is 4. The van der Waals surface area contributed by atoms with E-state index in [0.29, 0.717) is 11.4 Å². The topological polar surface area (TPSA) is 75.7 Å². The van der Waals surface area contributed by atoms with E-state index in [1.165, 1.54) is 32.3 Å². The van der Waals surface area contributed by atoms with Crippen LogP contribution in [0.2, 0.25) is 5.02 Å². The molecule has 0 bridgehead atoms. The standard InChI is InChI=1S/C18H21ClN2O4S/c1-12-6-5-7-15(10-12)25-13(2)18(22)20-14-8-9-16(19)17(11-14)26(23,24)21(3)4/h5-11,13H,1-4H3,(H,20,22)/t13-/m0/s1. The predicted octanol–water partition coefficient (Wildman–Crippen LogP) is 3.30. The Morgan fingerprint density at radius 1 is 1.19 bits per heavy atom. The van der Waals surface area contributed by atoms with Crippen LogP contribution in [0.4, 0.5) is 5.69 Å². The summed E-state index contributed by atoms with van der Waals surface area (Å²) in [6.07, 6.45) is -0.763. The third-order valence-electron chi connectivity index (χ3n) is 3.63. The first kappa shape index (κ1) is 20.2. The van der Waals surface area contributed by atoms with Gasteiger partial charge in [0.1, 0.15) is 10.6 Å². The summed E-state index contributed by atoms with van der Waals surface area (Å²) in [5.74, 6) is 0.182. The highest BCUT2D eigenvalue weighted by Gasteiger charge is 2.22. The van der Waals surface area contributed by atoms with Crippen molar-refractivity contribution in [2.24, 2.45) is 0 Å². The van der Waals surface area contributed by atoms with Gasteiger partial charge < -0.3 is 10.1 Å². The third kappa shape index (κ3) is 4.75. The maximum absolute atomic E-state index is 12.4. The molecule has 8 heteroatoms. The number of amides is 1. The van der Waals surface area contributed by atoms with E-state index in [1.54, 1.807) is 13.0 Å². The quantitative estimate of drug-likeness (QED) is 0.812. The van der Waals surface area contributed by atoms with Crippen LogP contribution in [0, 0.1) is 6.92 Å². The number of halogens is 1. The van der Waals surface area contributed by atoms with Crippen LogP contribution >= 0.6 is 11.6 Å². The van der Waals surface area contributed by atoms with Gasteiger partial charge >= 0.3 is 0 Å². The zero-order chi connectivity index (χ0) is 19.5. The Morgan fingerprint density at radius 2 is 1.88 bits per heavy atom. The van der Waals surface area contributed by atoms with E-state index in [2.05, 4.69) is 5.32 Å². The molecule has 0 saturated heterocycles. The lowest BCUT2D eigenvalue weighted by Gasteiger charge is -2.17. The van der Waals surface area contributed by atoms with Crippen molar-refractivity contribution >= 4 is 33.2 Å². The van der Waals surface area contributed by atoms with Gasteiger partial charge in [-0.1, -0.05) is 23.7 Å². The number of anilines is 1. The maximum Gasteiger partial charge on any atom is 0.265 e. The van der Waals surface area contributed by atoms with Gasteiger partial charge in [-0.2, -0.15) is 0 Å². The van der Waals surface area contributed by atoms with E-state index in [4.69, 9.17) is 16.3 Å². The average Bonchev–Trinajstić information content (AvgIpc) is 2.56. The van der Waals surface area contributed by atoms with Crippen molar-refractivity contribution in [2.75, 3.05) is 19.4 Å². The lowest BCUT2D eigenvalue weighted by molar-refractivity contribution is -0.122. The highest BCUT2D eigenvalue weighted by Crippen LogP contribution is 2.27. The summed E-state index contributed by atoms with van der Waals surface area (Å²) < 4.78 is 31.3. The summed E-state index contributed by atoms with van der Waals surface area (Å²) in [4.78, 5) is 12.3. The summed E-state index contributed by atoms with van der Waals surface area (Å²) in [6, 6.07) is 11.7. The zero-order valence-corrected chi connectivity index (χ0v) is 16.6. The van der Waals surface area contributed by atoms with Crippen molar-refractivity contribution < 1.29 is 17.9 Å². The van der Waals surface area contributed by atoms with Crippen molar-refractivity contribution in [2.45, 2.75) is 24.8 Å². The SMILES string of the molecule is Cc1cccc(O[C@@H](C)C(=O)Nc2ccc(Cl)c(S(=O)(=O)N(C)C)c2)c1. The Hall–Kier alpha value is -2.09. The fraction of sp³-hybridized carbons (Fsp3) is 0.278. The van der Waals surface area contributed by atoms with Gasteiger partial charge in [-0.25, -0.2) is 12.7 Å². The molecule has 1 N–H and O–H groups in total. The molecule has 140 valence electrons. The van der Waals surface area contributed by atoms with Crippen molar-refractivity contribution in [1.29, 1.82) is 0 Å². The second-order valence-corrected chi connectivity index (χ2v) is 8.53. The predicted molar refractivity (Wildman–Crippen MR) is 102 cm³/mol. The lowest BCUT2D eigenvalue weighted by atomic mass is 10.2. The average molecular weight is 397 g/mol. The monoisotopic (exact) mass is 396 g/mol. The molecule has 0 spiro atoms. The van der Waals surface area contributed by atoms with Gasteiger partial charge in [0, 0.05) is 19.8 Å². The molecule has 0 aliphatic heterocycles. The number of carbonyl (C=O) groups excluding carboxylic acids is 1. The van der Waals surface area contributed by atoms with Crippen LogP contribution < -0.4 is 10.1 Å². The van der Waals surface area contributed by atoms with Crippen molar-refractivity contribution in [1.82, 2.24) is 4.31 Å². The lowest BCUT2D eigenvalue weighted by Crippen LogP contribution is -2.30. The second kappa shape index (κ2) is 8.07. The van der Waals surface area contributed by atoms with Gasteiger partial charge in [0.25, 0.3) is 5.91 Å². The Balaban J connectivity index is 2.16. The molecule has 0 aromatic heterocycles. The first-order chi connectivity index (χ1) is 12.1. The molecule has 0 fully saturated rings. The molecule has 2 aromatic carbocycles. The number of ether oxygens (including phenoxy) is 1. The van der Waals surface area contributed by atoms with Crippen LogP contribution in [0.5, 0.6) is 5.75 Å². The number of benzene rings is 2. The van der Waals surface area contributed by atoms with E-state index in [1.807, 2.05) is 25.1 Å². The fourth-order valence-corrected chi connectivity index (χ4v) is 3.56. The largest absolute Gasteiger partial charge is 0.481 e. The second-order valence-electron chi connectivity index (χ2n) is 6.00. The number of sulfonamides is 1. The van der Waals surface area contributed by atoms with Crippen molar-refractivity contribution in [3.8, 4) is 5.75 Å². The number of nitrogens with zero attached hydrogens (tertiary/aromatic N) is 1. The molecule has 0 saturated carbocycles. The molecule has 1 amide bonds. The molecule has 0 heterocycles. The van der Waals surface area contributed by atoms with Crippen LogP contribution in [0.3, 0.4) is 0 Å². The van der Waals surface area contributed by atoms with Gasteiger partial charge in [-0.3, -0.25) is 4.79 Å². The summed E-state index contributed by atoms with van der Waals surface area (Å²) in [6.45, 7) is 3.54. The summed E-state index contributed by atoms with van der Waals surface area (Å²) in [5.41, 5.74) is 1.34. The minimum atomic E-state index is -3.72. The number of carbonyl (C=O) groups is 1. The summed E-state index contributed by atoms with van der Waals surface area (Å²) in [5, 5.41) is 2.73. The minimum absolute atomic E-state index is 0.0748. The molecule has 6 nitrogen and oxygen atoms in total. The zero-order valence-electron chi connectivity index (χ0n) is 15.0. The fourth-order valence-electron chi connectivity index (χ4n) is 2.17. The molecule has 0 radical (unpaired) electrons. The molecule has 26 heavy (non-hydrogen) atoms. The molecular weight excluding hydrogens is 376 g/mol. The molecule has 2 aromatic rings. The Kier molecular flexibility index (Phi) is 6.28. The van der Waals surface area contributed by atoms with Gasteiger partial charge in [-0.15, -0.1) is 0 Å². The van der Waals surface area contributed by atoms with E-state index < -0.39 is 22.0 Å². The van der Waals surface area contributed by atoms with Crippen molar-refractivity contribution in [3.63, 3.8) is 0 Å². The minimum Gasteiger partial charge on any atom is -0.481 e. The van der Waals surface area contributed by atoms with Gasteiger partial charge in [0.2, 0.25) is 10.0 Å². The first-order valence-electron chi connectivity index (χ1n) is 7.87. The van der Waals surface area contributed by atoms with E-state index in [0.717, 1.165) is 9.87 Å². The van der Waals surface area contributed by atoms with Crippen molar-refractivity contribution in [3.05, 3.63) is 53.1 Å². The maximum atomic E-state index is 12.4. The number of hydrogen-bond donors (Lipinski definition) is 1. The molecule has 0 unspecified atom stereocenters. The highest BCUT2D eigenvalue weighted by atomic mass is 35.5. The van der Waals surface area contributed by atoms with Gasteiger partial charge in [-0.05, 0) is 49.7 Å². The molecular formula is C18H21ClN2O4S. The number of aryl methyl sites for hydroxylation is 1. The van der Waals surface area contributed by atoms with Crippen LogP contribution in [-0.2, 0) is 14.8 Å². The summed E-state index contributed by atoms with van der Waals surface area (Å²) >= 11 is 6.00. The van der Waals surface area contributed by atoms with Crippen LogP contribution in [-0.4, -0.2) is 38.8 Å². The van der Waals surface area contributed by atoms with Crippen LogP contribution in [0.25, 0.3) is 0 Å². The van der Waals surface area contributed by atoms with Crippen LogP contribution in [0.15, 0.2) is 47.4 Å². The third-order valence-corrected chi connectivity index (χ3v) is 5.93. The Bertz CT molecular complexity index is 913. The molecule has 0 aliphatic rings. The summed E-state index contributed by atoms with van der Waals surface area (Å²) in [7, 11) is -0.898. The molecule has 0 aliphatic carbocycles. The molecule has 1 atom stereocenters. The van der Waals surface area contributed by atoms with E-state index >= 15 is 0 Å². The van der Waals surface area contributed by atoms with E-state index in [-0.39, 0.29) is 9.92 Å². The molecule has 2 rings (SSSR count). The van der Waals surface area contributed by atoms with Gasteiger partial charge in [0.15, 0.2) is 6.10 Å². The Morgan fingerprint density at radius 3 is 2.50 bits per heavy atom. The van der Waals surface area contributed by atoms with Crippen LogP contribution in [0.1, 0.15) is 12.5 Å². The van der Waals surface area contributed by atoms with Gasteiger partial charge in [0.05, 0.1) is 5.02 Å².